The quantitative estimate of drug-likeness (QED) is 0.310. The molecule has 0 bridgehead atoms. The first-order valence-corrected chi connectivity index (χ1v) is 1.45. The third-order valence-corrected chi connectivity index (χ3v) is 0.263. The largest absolute Gasteiger partial charge is 0.272 e. The summed E-state index contributed by atoms with van der Waals surface area (Å²) in [6.07, 6.45) is 0. The van der Waals surface area contributed by atoms with Crippen molar-refractivity contribution < 1.29 is 4.79 Å². The Morgan fingerprint density at radius 2 is 2.50 bits per heavy atom. The van der Waals surface area contributed by atoms with E-state index in [0.29, 0.717) is 0 Å². The van der Waals surface area contributed by atoms with Crippen LogP contribution >= 0.6 is 0 Å². The molecule has 0 aromatic heterocycles. The van der Waals surface area contributed by atoms with Crippen LogP contribution in [0.4, 0.5) is 0 Å². The SMILES string of the molecule is [NH]C(=O)CNN. The molecule has 0 aliphatic heterocycles. The molecule has 0 rings (SSSR count). The van der Waals surface area contributed by atoms with Gasteiger partial charge in [0.2, 0.25) is 0 Å². The van der Waals surface area contributed by atoms with Crippen molar-refractivity contribution >= 4 is 5.91 Å². The van der Waals surface area contributed by atoms with Crippen molar-refractivity contribution in [3.05, 3.63) is 0 Å². The molecule has 0 aromatic carbocycles. The van der Waals surface area contributed by atoms with Gasteiger partial charge in [0.25, 0.3) is 5.91 Å². The van der Waals surface area contributed by atoms with E-state index in [1.807, 2.05) is 5.43 Å². The zero-order valence-corrected chi connectivity index (χ0v) is 3.19. The summed E-state index contributed by atoms with van der Waals surface area (Å²) in [5.74, 6) is 3.94. The van der Waals surface area contributed by atoms with Crippen LogP contribution in [0.15, 0.2) is 0 Å². The summed E-state index contributed by atoms with van der Waals surface area (Å²) in [5.41, 5.74) is 8.23. The summed E-state index contributed by atoms with van der Waals surface area (Å²) in [4.78, 5) is 9.57. The average Bonchev–Trinajstić information content (AvgIpc) is 1.35. The second-order valence-corrected chi connectivity index (χ2v) is 0.804. The lowest BCUT2D eigenvalue weighted by Gasteiger charge is -1.84. The normalized spacial score (nSPS) is 8.17. The molecule has 0 aliphatic rings. The lowest BCUT2D eigenvalue weighted by atomic mass is 10.7. The van der Waals surface area contributed by atoms with E-state index in [2.05, 4.69) is 5.84 Å². The van der Waals surface area contributed by atoms with Crippen LogP contribution in [-0.2, 0) is 4.79 Å². The van der Waals surface area contributed by atoms with Crippen LogP contribution in [0.1, 0.15) is 0 Å². The number of amides is 1. The van der Waals surface area contributed by atoms with Crippen molar-refractivity contribution in [1.82, 2.24) is 11.2 Å². The van der Waals surface area contributed by atoms with Crippen molar-refractivity contribution in [3.63, 3.8) is 0 Å². The molecule has 1 amide bonds. The smallest absolute Gasteiger partial charge is 0.253 e. The molecule has 0 saturated heterocycles. The maximum Gasteiger partial charge on any atom is 0.253 e. The monoisotopic (exact) mass is 88.1 g/mol. The van der Waals surface area contributed by atoms with E-state index in [4.69, 9.17) is 5.73 Å². The van der Waals surface area contributed by atoms with Crippen LogP contribution in [0.2, 0.25) is 0 Å². The van der Waals surface area contributed by atoms with Gasteiger partial charge < -0.3 is 0 Å². The summed E-state index contributed by atoms with van der Waals surface area (Å²) in [6, 6.07) is 0. The van der Waals surface area contributed by atoms with Crippen LogP contribution in [0.25, 0.3) is 0 Å². The molecule has 0 heterocycles. The lowest BCUT2D eigenvalue weighted by molar-refractivity contribution is -0.117. The minimum Gasteiger partial charge on any atom is -0.272 e. The molecular weight excluding hydrogens is 82.0 g/mol. The topological polar surface area (TPSA) is 78.9 Å². The summed E-state index contributed by atoms with van der Waals surface area (Å²) in [7, 11) is 0. The molecular formula is C2H6N3O. The van der Waals surface area contributed by atoms with Crippen LogP contribution in [-0.4, -0.2) is 12.5 Å². The van der Waals surface area contributed by atoms with Crippen molar-refractivity contribution in [3.8, 4) is 0 Å². The summed E-state index contributed by atoms with van der Waals surface area (Å²) in [6.45, 7) is -0.0694. The maximum atomic E-state index is 9.57. The van der Waals surface area contributed by atoms with E-state index in [-0.39, 0.29) is 6.54 Å². The highest BCUT2D eigenvalue weighted by Crippen LogP contribution is 1.46. The minimum atomic E-state index is -0.697. The van der Waals surface area contributed by atoms with Crippen molar-refractivity contribution in [2.75, 3.05) is 6.54 Å². The highest BCUT2D eigenvalue weighted by Gasteiger charge is 1.85. The molecule has 0 atom stereocenters. The first-order valence-electron chi connectivity index (χ1n) is 1.45. The van der Waals surface area contributed by atoms with Gasteiger partial charge in [-0.15, -0.1) is 0 Å². The highest BCUT2D eigenvalue weighted by molar-refractivity contribution is 5.74. The van der Waals surface area contributed by atoms with Gasteiger partial charge in [0.05, 0.1) is 6.54 Å². The zero-order chi connectivity index (χ0) is 4.99. The maximum absolute atomic E-state index is 9.57. The van der Waals surface area contributed by atoms with E-state index >= 15 is 0 Å². The summed E-state index contributed by atoms with van der Waals surface area (Å²) < 4.78 is 0. The van der Waals surface area contributed by atoms with E-state index in [1.54, 1.807) is 0 Å². The van der Waals surface area contributed by atoms with Gasteiger partial charge in [-0.3, -0.25) is 21.8 Å². The fourth-order valence-corrected chi connectivity index (χ4v) is 0.0927. The van der Waals surface area contributed by atoms with Crippen molar-refractivity contribution in [2.24, 2.45) is 5.84 Å². The second kappa shape index (κ2) is 2.62. The number of hydrogen-bond acceptors (Lipinski definition) is 3. The standard InChI is InChI=1S/C2H6N3O/c3-2(6)1-5-4/h3,5H,1,4H2. The Morgan fingerprint density at radius 1 is 2.00 bits per heavy atom. The minimum absolute atomic E-state index is 0.0694. The van der Waals surface area contributed by atoms with Gasteiger partial charge in [-0.05, 0) is 0 Å². The fourth-order valence-electron chi connectivity index (χ4n) is 0.0927. The molecule has 0 unspecified atom stereocenters. The van der Waals surface area contributed by atoms with Gasteiger partial charge in [-0.1, -0.05) is 0 Å². The van der Waals surface area contributed by atoms with Crippen molar-refractivity contribution in [1.29, 1.82) is 0 Å². The van der Waals surface area contributed by atoms with Crippen LogP contribution < -0.4 is 17.0 Å². The van der Waals surface area contributed by atoms with Gasteiger partial charge >= 0.3 is 0 Å². The molecule has 1 radical (unpaired) electrons. The van der Waals surface area contributed by atoms with E-state index in [9.17, 15) is 4.79 Å². The Bertz CT molecular complexity index is 52.8. The Labute approximate surface area is 35.5 Å². The Morgan fingerprint density at radius 3 is 2.50 bits per heavy atom. The highest BCUT2D eigenvalue weighted by atomic mass is 16.1. The van der Waals surface area contributed by atoms with Gasteiger partial charge in [0.1, 0.15) is 0 Å². The van der Waals surface area contributed by atoms with Gasteiger partial charge in [-0.25, -0.2) is 0 Å². The molecule has 4 nitrogen and oxygen atoms in total. The third-order valence-electron chi connectivity index (χ3n) is 0.263. The Hall–Kier alpha value is -0.610. The zero-order valence-electron chi connectivity index (χ0n) is 3.19. The molecule has 4 N–H and O–H groups in total. The first kappa shape index (κ1) is 5.39. The third kappa shape index (κ3) is 3.39. The van der Waals surface area contributed by atoms with Crippen LogP contribution in [0.3, 0.4) is 0 Å². The average molecular weight is 88.1 g/mol. The number of rotatable bonds is 2. The number of carbonyl (C=O) groups is 1. The number of nitrogens with two attached hydrogens (primary N) is 1. The van der Waals surface area contributed by atoms with Gasteiger partial charge in [0.15, 0.2) is 0 Å². The number of hydrazine groups is 1. The van der Waals surface area contributed by atoms with Crippen LogP contribution in [0, 0.1) is 0 Å². The summed E-state index contributed by atoms with van der Waals surface area (Å²) >= 11 is 0. The fraction of sp³-hybridized carbons (Fsp3) is 0.500. The molecule has 0 fully saturated rings. The second-order valence-electron chi connectivity index (χ2n) is 0.804. The summed E-state index contributed by atoms with van der Waals surface area (Å²) in [5, 5.41) is 0. The molecule has 0 aliphatic carbocycles. The molecule has 4 heteroatoms. The van der Waals surface area contributed by atoms with E-state index in [1.165, 1.54) is 0 Å². The molecule has 0 aromatic rings. The number of hydrogen-bond donors (Lipinski definition) is 2. The molecule has 0 spiro atoms. The molecule has 6 heavy (non-hydrogen) atoms. The first-order chi connectivity index (χ1) is 2.77. The Balaban J connectivity index is 2.83. The predicted octanol–water partition coefficient (Wildman–Crippen LogP) is -1.74. The lowest BCUT2D eigenvalue weighted by Crippen LogP contribution is -2.29. The van der Waals surface area contributed by atoms with Crippen molar-refractivity contribution in [2.45, 2.75) is 0 Å². The number of nitrogens with one attached hydrogen (secondary N) is 2. The molecule has 0 saturated carbocycles. The molecule has 35 valence electrons. The van der Waals surface area contributed by atoms with Gasteiger partial charge in [-0.2, -0.15) is 0 Å². The van der Waals surface area contributed by atoms with Gasteiger partial charge in [0, 0.05) is 0 Å². The predicted molar refractivity (Wildman–Crippen MR) is 20.3 cm³/mol. The van der Waals surface area contributed by atoms with E-state index < -0.39 is 5.91 Å². The Kier molecular flexibility index (Phi) is 2.35. The van der Waals surface area contributed by atoms with Crippen LogP contribution in [0.5, 0.6) is 0 Å². The van der Waals surface area contributed by atoms with E-state index in [0.717, 1.165) is 0 Å². The number of carbonyl (C=O) groups excluding carboxylic acids is 1.